The summed E-state index contributed by atoms with van der Waals surface area (Å²) < 4.78 is 24.5. The molecule has 30 heavy (non-hydrogen) atoms. The molecule has 1 aromatic heterocycles. The largest absolute Gasteiger partial charge is 0.356 e. The Hall–Kier alpha value is -1.79. The lowest BCUT2D eigenvalue weighted by molar-refractivity contribution is -0.114. The number of rotatable bonds is 5. The number of hydrazine groups is 1. The van der Waals surface area contributed by atoms with Crippen LogP contribution >= 0.6 is 22.9 Å². The third-order valence-corrected chi connectivity index (χ3v) is 8.06. The SMILES string of the molecule is CC(=O)Nc1ccc(S(C)(=O)=O)c(-c2nnc(NC3CCC4NNCC4C3Cl)s2)c1. The fourth-order valence-corrected chi connectivity index (χ4v) is 6.22. The predicted octanol–water partition coefficient (Wildman–Crippen LogP) is 1.84. The van der Waals surface area contributed by atoms with Crippen LogP contribution in [0.15, 0.2) is 23.1 Å². The van der Waals surface area contributed by atoms with Crippen molar-refractivity contribution < 1.29 is 13.2 Å². The van der Waals surface area contributed by atoms with Gasteiger partial charge in [0.2, 0.25) is 11.0 Å². The third-order valence-electron chi connectivity index (χ3n) is 5.39. The number of carbonyl (C=O) groups excluding carboxylic acids is 1. The van der Waals surface area contributed by atoms with E-state index < -0.39 is 9.84 Å². The summed E-state index contributed by atoms with van der Waals surface area (Å²) in [6, 6.07) is 5.07. The lowest BCUT2D eigenvalue weighted by Crippen LogP contribution is -2.47. The van der Waals surface area contributed by atoms with Gasteiger partial charge in [0.15, 0.2) is 14.8 Å². The van der Waals surface area contributed by atoms with Gasteiger partial charge in [-0.3, -0.25) is 15.6 Å². The van der Waals surface area contributed by atoms with Crippen LogP contribution in [0.25, 0.3) is 10.6 Å². The van der Waals surface area contributed by atoms with Gasteiger partial charge < -0.3 is 10.6 Å². The average molecular weight is 471 g/mol. The first-order chi connectivity index (χ1) is 14.2. The number of nitrogens with one attached hydrogen (secondary N) is 4. The highest BCUT2D eigenvalue weighted by Crippen LogP contribution is 2.36. The van der Waals surface area contributed by atoms with E-state index in [2.05, 4.69) is 31.7 Å². The van der Waals surface area contributed by atoms with Gasteiger partial charge in [0.05, 0.1) is 10.3 Å². The van der Waals surface area contributed by atoms with Crippen molar-refractivity contribution in [3.63, 3.8) is 0 Å². The molecule has 2 aromatic rings. The van der Waals surface area contributed by atoms with E-state index in [0.29, 0.717) is 33.3 Å². The first-order valence-corrected chi connectivity index (χ1v) is 12.7. The molecule has 1 aromatic carbocycles. The molecule has 2 fully saturated rings. The number of halogens is 1. The zero-order valence-electron chi connectivity index (χ0n) is 16.5. The van der Waals surface area contributed by atoms with Crippen molar-refractivity contribution in [2.75, 3.05) is 23.4 Å². The molecule has 0 spiro atoms. The van der Waals surface area contributed by atoms with Gasteiger partial charge in [-0.25, -0.2) is 8.42 Å². The smallest absolute Gasteiger partial charge is 0.221 e. The topological polar surface area (TPSA) is 125 Å². The number of nitrogens with zero attached hydrogens (tertiary/aromatic N) is 2. The number of carbonyl (C=O) groups is 1. The Morgan fingerprint density at radius 3 is 2.83 bits per heavy atom. The van der Waals surface area contributed by atoms with Crippen molar-refractivity contribution in [2.24, 2.45) is 5.92 Å². The molecular formula is C18H23ClN6O3S2. The molecule has 4 unspecified atom stereocenters. The zero-order valence-corrected chi connectivity index (χ0v) is 18.9. The van der Waals surface area contributed by atoms with Crippen LogP contribution in [0.4, 0.5) is 10.8 Å². The molecule has 1 aliphatic carbocycles. The van der Waals surface area contributed by atoms with Gasteiger partial charge in [-0.2, -0.15) is 0 Å². The highest BCUT2D eigenvalue weighted by molar-refractivity contribution is 7.90. The van der Waals surface area contributed by atoms with E-state index in [9.17, 15) is 13.2 Å². The maximum absolute atomic E-state index is 12.3. The summed E-state index contributed by atoms with van der Waals surface area (Å²) in [6.45, 7) is 2.22. The first-order valence-electron chi connectivity index (χ1n) is 9.57. The summed E-state index contributed by atoms with van der Waals surface area (Å²) in [5, 5.41) is 15.4. The Morgan fingerprint density at radius 2 is 2.10 bits per heavy atom. The normalized spacial score (nSPS) is 26.2. The van der Waals surface area contributed by atoms with Crippen molar-refractivity contribution >= 4 is 49.5 Å². The van der Waals surface area contributed by atoms with Crippen LogP contribution in [0.2, 0.25) is 0 Å². The first kappa shape index (κ1) is 21.4. The maximum atomic E-state index is 12.3. The standard InChI is InChI=1S/C18H23ClN6O3S2/c1-9(26)21-10-3-6-15(30(2,27)28)11(7-10)17-24-25-18(29-17)22-14-5-4-13-12(16(14)19)8-20-23-13/h3,6-7,12-14,16,20,23H,4-5,8H2,1-2H3,(H,21,26)(H,22,25). The van der Waals surface area contributed by atoms with Gasteiger partial charge in [-0.15, -0.1) is 21.8 Å². The number of aromatic nitrogens is 2. The van der Waals surface area contributed by atoms with E-state index >= 15 is 0 Å². The minimum atomic E-state index is -3.49. The number of fused-ring (bicyclic) bond motifs is 1. The van der Waals surface area contributed by atoms with Crippen molar-refractivity contribution in [1.82, 2.24) is 21.0 Å². The highest BCUT2D eigenvalue weighted by atomic mass is 35.5. The number of anilines is 2. The molecule has 1 saturated carbocycles. The summed E-state index contributed by atoms with van der Waals surface area (Å²) in [4.78, 5) is 11.5. The van der Waals surface area contributed by atoms with Crippen LogP contribution in [0, 0.1) is 5.92 Å². The van der Waals surface area contributed by atoms with Crippen molar-refractivity contribution in [2.45, 2.75) is 42.1 Å². The van der Waals surface area contributed by atoms with Gasteiger partial charge in [0, 0.05) is 49.0 Å². The molecule has 4 rings (SSSR count). The molecule has 4 N–H and O–H groups in total. The Morgan fingerprint density at radius 1 is 1.30 bits per heavy atom. The van der Waals surface area contributed by atoms with E-state index in [1.165, 1.54) is 24.3 Å². The molecule has 4 atom stereocenters. The number of sulfone groups is 1. The van der Waals surface area contributed by atoms with Crippen molar-refractivity contribution in [3.8, 4) is 10.6 Å². The zero-order chi connectivity index (χ0) is 21.5. The molecular weight excluding hydrogens is 448 g/mol. The summed E-state index contributed by atoms with van der Waals surface area (Å²) in [5.74, 6) is 0.0869. The second kappa shape index (κ2) is 8.39. The molecule has 1 aliphatic heterocycles. The Kier molecular flexibility index (Phi) is 5.99. The summed E-state index contributed by atoms with van der Waals surface area (Å²) in [6.07, 6.45) is 3.04. The van der Waals surface area contributed by atoms with E-state index in [-0.39, 0.29) is 22.2 Å². The van der Waals surface area contributed by atoms with E-state index in [0.717, 1.165) is 25.6 Å². The molecule has 12 heteroatoms. The Bertz CT molecular complexity index is 1060. The summed E-state index contributed by atoms with van der Waals surface area (Å²) in [5.41, 5.74) is 7.34. The molecule has 2 aliphatic rings. The molecule has 9 nitrogen and oxygen atoms in total. The molecule has 1 saturated heterocycles. The van der Waals surface area contributed by atoms with Crippen LogP contribution in [0.3, 0.4) is 0 Å². The van der Waals surface area contributed by atoms with Gasteiger partial charge >= 0.3 is 0 Å². The molecule has 2 heterocycles. The van der Waals surface area contributed by atoms with Crippen LogP contribution in [0.5, 0.6) is 0 Å². The highest BCUT2D eigenvalue weighted by Gasteiger charge is 2.41. The van der Waals surface area contributed by atoms with Crippen LogP contribution in [0.1, 0.15) is 19.8 Å². The number of hydrogen-bond donors (Lipinski definition) is 4. The fourth-order valence-electron chi connectivity index (χ4n) is 4.00. The Balaban J connectivity index is 1.59. The number of hydrogen-bond acceptors (Lipinski definition) is 9. The van der Waals surface area contributed by atoms with Gasteiger partial charge in [0.25, 0.3) is 0 Å². The lowest BCUT2D eigenvalue weighted by Gasteiger charge is -2.35. The van der Waals surface area contributed by atoms with Gasteiger partial charge in [-0.05, 0) is 31.0 Å². The minimum Gasteiger partial charge on any atom is -0.356 e. The maximum Gasteiger partial charge on any atom is 0.221 e. The fraction of sp³-hybridized carbons (Fsp3) is 0.500. The molecule has 0 radical (unpaired) electrons. The number of alkyl halides is 1. The molecule has 0 bridgehead atoms. The van der Waals surface area contributed by atoms with Crippen molar-refractivity contribution in [1.29, 1.82) is 0 Å². The third kappa shape index (κ3) is 4.45. The predicted molar refractivity (Wildman–Crippen MR) is 117 cm³/mol. The van der Waals surface area contributed by atoms with Gasteiger partial charge in [-0.1, -0.05) is 11.3 Å². The summed E-state index contributed by atoms with van der Waals surface area (Å²) >= 11 is 7.97. The second-order valence-corrected chi connectivity index (χ2v) is 11.1. The molecule has 1 amide bonds. The second-order valence-electron chi connectivity index (χ2n) is 7.64. The van der Waals surface area contributed by atoms with E-state index in [4.69, 9.17) is 11.6 Å². The van der Waals surface area contributed by atoms with Gasteiger partial charge in [0.1, 0.15) is 0 Å². The summed E-state index contributed by atoms with van der Waals surface area (Å²) in [7, 11) is -3.49. The van der Waals surface area contributed by atoms with Crippen molar-refractivity contribution in [3.05, 3.63) is 18.2 Å². The lowest BCUT2D eigenvalue weighted by atomic mass is 9.82. The minimum absolute atomic E-state index is 0.0514. The van der Waals surface area contributed by atoms with E-state index in [1.807, 2.05) is 0 Å². The Labute approximate surface area is 183 Å². The number of benzene rings is 1. The van der Waals surface area contributed by atoms with Crippen LogP contribution < -0.4 is 21.5 Å². The quantitative estimate of drug-likeness (QED) is 0.488. The van der Waals surface area contributed by atoms with Crippen LogP contribution in [-0.4, -0.2) is 54.8 Å². The molecule has 162 valence electrons. The monoisotopic (exact) mass is 470 g/mol. The average Bonchev–Trinajstić information content (AvgIpc) is 3.32. The number of amides is 1. The van der Waals surface area contributed by atoms with E-state index in [1.54, 1.807) is 12.1 Å². The van der Waals surface area contributed by atoms with Crippen LogP contribution in [-0.2, 0) is 14.6 Å².